The fourth-order valence-electron chi connectivity index (χ4n) is 2.06. The number of fused-ring (bicyclic) bond motifs is 1. The van der Waals surface area contributed by atoms with Crippen LogP contribution in [-0.4, -0.2) is 12.1 Å². The summed E-state index contributed by atoms with van der Waals surface area (Å²) in [6.45, 7) is 0.466. The molecule has 0 unspecified atom stereocenters. The van der Waals surface area contributed by atoms with Crippen LogP contribution in [0, 0.1) is 11.6 Å². The van der Waals surface area contributed by atoms with Crippen molar-refractivity contribution in [1.82, 2.24) is 4.98 Å². The molecule has 0 saturated carbocycles. The lowest BCUT2D eigenvalue weighted by Gasteiger charge is -2.07. The van der Waals surface area contributed by atoms with Gasteiger partial charge in [-0.15, -0.1) is 11.3 Å². The van der Waals surface area contributed by atoms with Gasteiger partial charge in [-0.3, -0.25) is 0 Å². The molecule has 3 nitrogen and oxygen atoms in total. The van der Waals surface area contributed by atoms with Gasteiger partial charge in [0, 0.05) is 18.7 Å². The summed E-state index contributed by atoms with van der Waals surface area (Å²) in [7, 11) is 1.61. The van der Waals surface area contributed by atoms with Crippen molar-refractivity contribution in [3.63, 3.8) is 0 Å². The molecule has 22 heavy (non-hydrogen) atoms. The van der Waals surface area contributed by atoms with Gasteiger partial charge in [0.25, 0.3) is 0 Å². The molecule has 0 saturated heterocycles. The molecule has 1 aromatic heterocycles. The maximum atomic E-state index is 13.6. The molecule has 3 rings (SSSR count). The van der Waals surface area contributed by atoms with Crippen molar-refractivity contribution in [2.45, 2.75) is 13.2 Å². The highest BCUT2D eigenvalue weighted by molar-refractivity contribution is 7.19. The number of ether oxygens (including phenoxy) is 2. The highest BCUT2D eigenvalue weighted by Gasteiger charge is 2.10. The average molecular weight is 321 g/mol. The second-order valence-electron chi connectivity index (χ2n) is 4.67. The number of halogens is 2. The summed E-state index contributed by atoms with van der Waals surface area (Å²) in [5, 5.41) is 0.849. The van der Waals surface area contributed by atoms with E-state index in [9.17, 15) is 8.78 Å². The van der Waals surface area contributed by atoms with Crippen molar-refractivity contribution in [1.29, 1.82) is 0 Å². The normalized spacial score (nSPS) is 11.0. The number of methoxy groups -OCH3 is 1. The Morgan fingerprint density at radius 2 is 2.00 bits per heavy atom. The molecule has 2 aromatic carbocycles. The maximum Gasteiger partial charge on any atom is 0.139 e. The zero-order chi connectivity index (χ0) is 15.5. The number of hydrogen-bond acceptors (Lipinski definition) is 4. The lowest BCUT2D eigenvalue weighted by atomic mass is 10.2. The van der Waals surface area contributed by atoms with Crippen molar-refractivity contribution < 1.29 is 18.3 Å². The molecule has 0 atom stereocenters. The molecule has 6 heteroatoms. The van der Waals surface area contributed by atoms with Crippen LogP contribution in [0.25, 0.3) is 10.2 Å². The number of benzene rings is 2. The lowest BCUT2D eigenvalue weighted by molar-refractivity contribution is 0.184. The largest absolute Gasteiger partial charge is 0.487 e. The number of hydrogen-bond donors (Lipinski definition) is 0. The first-order valence-electron chi connectivity index (χ1n) is 6.61. The third kappa shape index (κ3) is 3.08. The molecule has 0 N–H and O–H groups in total. The van der Waals surface area contributed by atoms with E-state index in [1.807, 2.05) is 12.1 Å². The smallest absolute Gasteiger partial charge is 0.139 e. The zero-order valence-electron chi connectivity index (χ0n) is 11.8. The molecular weight excluding hydrogens is 308 g/mol. The van der Waals surface area contributed by atoms with Gasteiger partial charge in [0.15, 0.2) is 0 Å². The van der Waals surface area contributed by atoms with E-state index in [1.165, 1.54) is 23.5 Å². The summed E-state index contributed by atoms with van der Waals surface area (Å²) in [5.41, 5.74) is 1.12. The van der Waals surface area contributed by atoms with Gasteiger partial charge in [0.1, 0.15) is 29.0 Å². The predicted octanol–water partition coefficient (Wildman–Crippen LogP) is 4.30. The minimum Gasteiger partial charge on any atom is -0.487 e. The fourth-order valence-corrected chi connectivity index (χ4v) is 3.07. The van der Waals surface area contributed by atoms with E-state index in [0.717, 1.165) is 21.3 Å². The van der Waals surface area contributed by atoms with Crippen LogP contribution in [0.1, 0.15) is 10.6 Å². The summed E-state index contributed by atoms with van der Waals surface area (Å²) in [6.07, 6.45) is 0. The van der Waals surface area contributed by atoms with Crippen molar-refractivity contribution in [2.24, 2.45) is 0 Å². The molecule has 3 aromatic rings. The third-order valence-electron chi connectivity index (χ3n) is 3.09. The Labute approximate surface area is 130 Å². The lowest BCUT2D eigenvalue weighted by Crippen LogP contribution is -1.99. The van der Waals surface area contributed by atoms with Gasteiger partial charge in [-0.2, -0.15) is 0 Å². The number of aromatic nitrogens is 1. The van der Waals surface area contributed by atoms with Crippen molar-refractivity contribution >= 4 is 21.6 Å². The van der Waals surface area contributed by atoms with E-state index >= 15 is 0 Å². The van der Waals surface area contributed by atoms with E-state index in [-0.39, 0.29) is 6.61 Å². The number of nitrogens with zero attached hydrogens (tertiary/aromatic N) is 1. The van der Waals surface area contributed by atoms with Gasteiger partial charge >= 0.3 is 0 Å². The first kappa shape index (κ1) is 14.9. The van der Waals surface area contributed by atoms with Gasteiger partial charge in [0.2, 0.25) is 0 Å². The quantitative estimate of drug-likeness (QED) is 0.702. The topological polar surface area (TPSA) is 31.4 Å². The number of rotatable bonds is 5. The molecular formula is C16H13F2NO2S. The molecule has 0 amide bonds. The SMILES string of the molecule is COCc1nc2cccc(OCc3ccc(F)cc3F)c2s1. The Kier molecular flexibility index (Phi) is 4.31. The molecule has 0 bridgehead atoms. The highest BCUT2D eigenvalue weighted by Crippen LogP contribution is 2.32. The Bertz CT molecular complexity index is 804. The monoisotopic (exact) mass is 321 g/mol. The van der Waals surface area contributed by atoms with Crippen molar-refractivity contribution in [2.75, 3.05) is 7.11 Å². The molecule has 114 valence electrons. The van der Waals surface area contributed by atoms with Crippen LogP contribution >= 0.6 is 11.3 Å². The predicted molar refractivity (Wildman–Crippen MR) is 81.0 cm³/mol. The zero-order valence-corrected chi connectivity index (χ0v) is 12.6. The van der Waals surface area contributed by atoms with Crippen molar-refractivity contribution in [3.8, 4) is 5.75 Å². The Morgan fingerprint density at radius 1 is 1.14 bits per heavy atom. The van der Waals surface area contributed by atoms with Crippen LogP contribution in [0.2, 0.25) is 0 Å². The van der Waals surface area contributed by atoms with Crippen LogP contribution in [0.5, 0.6) is 5.75 Å². The average Bonchev–Trinajstić information content (AvgIpc) is 2.90. The van der Waals surface area contributed by atoms with E-state index in [2.05, 4.69) is 4.98 Å². The fraction of sp³-hybridized carbons (Fsp3) is 0.188. The van der Waals surface area contributed by atoms with E-state index in [4.69, 9.17) is 9.47 Å². The molecule has 0 aliphatic rings. The van der Waals surface area contributed by atoms with Crippen molar-refractivity contribution in [3.05, 3.63) is 58.6 Å². The van der Waals surface area contributed by atoms with Gasteiger partial charge < -0.3 is 9.47 Å². The maximum absolute atomic E-state index is 13.6. The summed E-state index contributed by atoms with van der Waals surface area (Å²) < 4.78 is 38.2. The van der Waals surface area contributed by atoms with Gasteiger partial charge in [-0.05, 0) is 24.3 Å². The molecule has 0 aliphatic heterocycles. The van der Waals surface area contributed by atoms with Gasteiger partial charge in [-0.1, -0.05) is 6.07 Å². The van der Waals surface area contributed by atoms with Crippen LogP contribution in [0.15, 0.2) is 36.4 Å². The van der Waals surface area contributed by atoms with Crippen LogP contribution < -0.4 is 4.74 Å². The Hall–Kier alpha value is -2.05. The van der Waals surface area contributed by atoms with Gasteiger partial charge in [0.05, 0.1) is 16.8 Å². The number of thiazole rings is 1. The second-order valence-corrected chi connectivity index (χ2v) is 5.75. The highest BCUT2D eigenvalue weighted by atomic mass is 32.1. The summed E-state index contributed by atoms with van der Waals surface area (Å²) in [6, 6.07) is 8.96. The Balaban J connectivity index is 1.84. The Morgan fingerprint density at radius 3 is 2.77 bits per heavy atom. The molecule has 0 fully saturated rings. The van der Waals surface area contributed by atoms with E-state index in [1.54, 1.807) is 13.2 Å². The van der Waals surface area contributed by atoms with Crippen LogP contribution in [-0.2, 0) is 18.0 Å². The summed E-state index contributed by atoms with van der Waals surface area (Å²) in [4.78, 5) is 4.44. The minimum absolute atomic E-state index is 0.0305. The third-order valence-corrected chi connectivity index (χ3v) is 4.15. The first-order valence-corrected chi connectivity index (χ1v) is 7.43. The van der Waals surface area contributed by atoms with Crippen LogP contribution in [0.4, 0.5) is 8.78 Å². The minimum atomic E-state index is -0.614. The molecule has 1 heterocycles. The summed E-state index contributed by atoms with van der Waals surface area (Å²) >= 11 is 1.48. The standard InChI is InChI=1S/C16H13F2NO2S/c1-20-9-15-19-13-3-2-4-14(16(13)22-15)21-8-10-5-6-11(17)7-12(10)18/h2-7H,8-9H2,1H3. The molecule has 0 spiro atoms. The first-order chi connectivity index (χ1) is 10.7. The molecule has 0 radical (unpaired) electrons. The van der Waals surface area contributed by atoms with Gasteiger partial charge in [-0.25, -0.2) is 13.8 Å². The van der Waals surface area contributed by atoms with E-state index in [0.29, 0.717) is 17.9 Å². The summed E-state index contributed by atoms with van der Waals surface area (Å²) in [5.74, 6) is -0.590. The van der Waals surface area contributed by atoms with Crippen LogP contribution in [0.3, 0.4) is 0 Å². The van der Waals surface area contributed by atoms with E-state index < -0.39 is 11.6 Å². The second kappa shape index (κ2) is 6.37. The molecule has 0 aliphatic carbocycles.